The van der Waals surface area contributed by atoms with Crippen LogP contribution in [0.4, 0.5) is 0 Å². The number of ether oxygens (including phenoxy) is 2. The largest absolute Gasteiger partial charge is 0.486 e. The molecule has 20 heavy (non-hydrogen) atoms. The average Bonchev–Trinajstić information content (AvgIpc) is 2.85. The van der Waals surface area contributed by atoms with Crippen LogP contribution in [0.5, 0.6) is 11.5 Å². The van der Waals surface area contributed by atoms with E-state index in [1.54, 1.807) is 0 Å². The van der Waals surface area contributed by atoms with E-state index in [1.807, 2.05) is 25.1 Å². The number of hydrogen-bond donors (Lipinski definition) is 1. The summed E-state index contributed by atoms with van der Waals surface area (Å²) in [4.78, 5) is 0. The Labute approximate surface area is 125 Å². The maximum Gasteiger partial charge on any atom is 0.175 e. The Kier molecular flexibility index (Phi) is 3.93. The molecule has 6 heteroatoms. The SMILES string of the molecule is Cc1cc(CNCc2cc(Br)c3c(c2)OCCO3)no1. The number of rotatable bonds is 4. The van der Waals surface area contributed by atoms with E-state index in [1.165, 1.54) is 0 Å². The highest BCUT2D eigenvalue weighted by Crippen LogP contribution is 2.38. The van der Waals surface area contributed by atoms with Crippen LogP contribution < -0.4 is 14.8 Å². The van der Waals surface area contributed by atoms with Crippen LogP contribution >= 0.6 is 15.9 Å². The molecule has 0 atom stereocenters. The second-order valence-electron chi connectivity index (χ2n) is 4.63. The molecule has 0 fully saturated rings. The summed E-state index contributed by atoms with van der Waals surface area (Å²) in [6.07, 6.45) is 0. The van der Waals surface area contributed by atoms with E-state index in [0.717, 1.165) is 39.5 Å². The number of hydrogen-bond acceptors (Lipinski definition) is 5. The first-order chi connectivity index (χ1) is 9.72. The van der Waals surface area contributed by atoms with Crippen molar-refractivity contribution in [2.75, 3.05) is 13.2 Å². The van der Waals surface area contributed by atoms with E-state index in [2.05, 4.69) is 26.4 Å². The zero-order valence-corrected chi connectivity index (χ0v) is 12.7. The predicted molar refractivity (Wildman–Crippen MR) is 76.9 cm³/mol. The van der Waals surface area contributed by atoms with Gasteiger partial charge in [0.15, 0.2) is 11.5 Å². The van der Waals surface area contributed by atoms with Crippen LogP contribution in [0.1, 0.15) is 17.0 Å². The van der Waals surface area contributed by atoms with Crippen LogP contribution in [0.2, 0.25) is 0 Å². The fraction of sp³-hybridized carbons (Fsp3) is 0.357. The van der Waals surface area contributed by atoms with E-state index in [-0.39, 0.29) is 0 Å². The van der Waals surface area contributed by atoms with Crippen molar-refractivity contribution in [3.63, 3.8) is 0 Å². The number of fused-ring (bicyclic) bond motifs is 1. The van der Waals surface area contributed by atoms with Gasteiger partial charge in [-0.1, -0.05) is 5.16 Å². The van der Waals surface area contributed by atoms with E-state index >= 15 is 0 Å². The molecule has 1 aliphatic rings. The molecule has 1 aromatic heterocycles. The van der Waals surface area contributed by atoms with Crippen LogP contribution in [0.3, 0.4) is 0 Å². The first kappa shape index (κ1) is 13.5. The summed E-state index contributed by atoms with van der Waals surface area (Å²) in [5.74, 6) is 2.40. The lowest BCUT2D eigenvalue weighted by Gasteiger charge is -2.20. The Balaban J connectivity index is 1.64. The monoisotopic (exact) mass is 338 g/mol. The molecule has 0 amide bonds. The first-order valence-electron chi connectivity index (χ1n) is 6.43. The lowest BCUT2D eigenvalue weighted by Crippen LogP contribution is -2.17. The molecule has 0 saturated heterocycles. The first-order valence-corrected chi connectivity index (χ1v) is 7.22. The third-order valence-electron chi connectivity index (χ3n) is 2.97. The Morgan fingerprint density at radius 1 is 1.20 bits per heavy atom. The molecule has 1 N–H and O–H groups in total. The number of aryl methyl sites for hydroxylation is 1. The summed E-state index contributed by atoms with van der Waals surface area (Å²) < 4.78 is 17.1. The zero-order chi connectivity index (χ0) is 13.9. The number of nitrogens with one attached hydrogen (secondary N) is 1. The van der Waals surface area contributed by atoms with Gasteiger partial charge in [0, 0.05) is 19.2 Å². The van der Waals surface area contributed by atoms with Crippen molar-refractivity contribution in [2.24, 2.45) is 0 Å². The molecule has 106 valence electrons. The van der Waals surface area contributed by atoms with E-state index in [4.69, 9.17) is 14.0 Å². The van der Waals surface area contributed by atoms with E-state index in [9.17, 15) is 0 Å². The Morgan fingerprint density at radius 2 is 2.05 bits per heavy atom. The van der Waals surface area contributed by atoms with Crippen molar-refractivity contribution >= 4 is 15.9 Å². The molecule has 0 unspecified atom stereocenters. The Hall–Kier alpha value is -1.53. The fourth-order valence-electron chi connectivity index (χ4n) is 2.10. The summed E-state index contributed by atoms with van der Waals surface area (Å²) in [6, 6.07) is 5.96. The van der Waals surface area contributed by atoms with Crippen LogP contribution in [-0.4, -0.2) is 18.4 Å². The predicted octanol–water partition coefficient (Wildman–Crippen LogP) is 2.81. The van der Waals surface area contributed by atoms with Gasteiger partial charge in [-0.15, -0.1) is 0 Å². The molecule has 0 radical (unpaired) electrons. The lowest BCUT2D eigenvalue weighted by atomic mass is 10.2. The molecule has 0 saturated carbocycles. The van der Waals surface area contributed by atoms with Crippen LogP contribution in [0, 0.1) is 6.92 Å². The van der Waals surface area contributed by atoms with Crippen LogP contribution in [0.25, 0.3) is 0 Å². The molecular weight excluding hydrogens is 324 g/mol. The van der Waals surface area contributed by atoms with Gasteiger partial charge in [-0.2, -0.15) is 0 Å². The van der Waals surface area contributed by atoms with Crippen molar-refractivity contribution in [3.8, 4) is 11.5 Å². The van der Waals surface area contributed by atoms with Gasteiger partial charge in [-0.05, 0) is 40.5 Å². The smallest absolute Gasteiger partial charge is 0.175 e. The highest BCUT2D eigenvalue weighted by Gasteiger charge is 2.16. The number of nitrogens with zero attached hydrogens (tertiary/aromatic N) is 1. The lowest BCUT2D eigenvalue weighted by molar-refractivity contribution is 0.170. The van der Waals surface area contributed by atoms with Gasteiger partial charge in [0.05, 0.1) is 10.2 Å². The van der Waals surface area contributed by atoms with Gasteiger partial charge in [0.2, 0.25) is 0 Å². The van der Waals surface area contributed by atoms with Crippen molar-refractivity contribution in [1.82, 2.24) is 10.5 Å². The van der Waals surface area contributed by atoms with Gasteiger partial charge in [-0.3, -0.25) is 0 Å². The molecule has 2 aromatic rings. The summed E-state index contributed by atoms with van der Waals surface area (Å²) in [5, 5.41) is 7.27. The average molecular weight is 339 g/mol. The maximum absolute atomic E-state index is 5.60. The third-order valence-corrected chi connectivity index (χ3v) is 3.56. The molecule has 0 aliphatic carbocycles. The van der Waals surface area contributed by atoms with Crippen LogP contribution in [0.15, 0.2) is 27.2 Å². The minimum Gasteiger partial charge on any atom is -0.486 e. The van der Waals surface area contributed by atoms with Gasteiger partial charge in [0.1, 0.15) is 19.0 Å². The van der Waals surface area contributed by atoms with Crippen molar-refractivity contribution < 1.29 is 14.0 Å². The minimum absolute atomic E-state index is 0.592. The van der Waals surface area contributed by atoms with E-state index in [0.29, 0.717) is 19.8 Å². The third kappa shape index (κ3) is 2.96. The molecule has 2 heterocycles. The summed E-state index contributed by atoms with van der Waals surface area (Å²) >= 11 is 3.51. The molecule has 1 aromatic carbocycles. The second kappa shape index (κ2) is 5.85. The standard InChI is InChI=1S/C14H15BrN2O3/c1-9-4-11(17-20-9)8-16-7-10-5-12(15)14-13(6-10)18-2-3-19-14/h4-6,16H,2-3,7-8H2,1H3. The topological polar surface area (TPSA) is 56.5 Å². The number of aromatic nitrogens is 1. The van der Waals surface area contributed by atoms with E-state index < -0.39 is 0 Å². The second-order valence-corrected chi connectivity index (χ2v) is 5.49. The number of halogens is 1. The zero-order valence-electron chi connectivity index (χ0n) is 11.1. The normalized spacial score (nSPS) is 13.5. The Morgan fingerprint density at radius 3 is 2.85 bits per heavy atom. The molecule has 0 spiro atoms. The highest BCUT2D eigenvalue weighted by atomic mass is 79.9. The van der Waals surface area contributed by atoms with Gasteiger partial charge >= 0.3 is 0 Å². The summed E-state index contributed by atoms with van der Waals surface area (Å²) in [5.41, 5.74) is 2.03. The Bertz CT molecular complexity index is 612. The fourth-order valence-corrected chi connectivity index (χ4v) is 2.71. The molecule has 3 rings (SSSR count). The van der Waals surface area contributed by atoms with Crippen molar-refractivity contribution in [1.29, 1.82) is 0 Å². The maximum atomic E-state index is 5.60. The molecule has 5 nitrogen and oxygen atoms in total. The molecular formula is C14H15BrN2O3. The number of benzene rings is 1. The van der Waals surface area contributed by atoms with Crippen LogP contribution in [-0.2, 0) is 13.1 Å². The van der Waals surface area contributed by atoms with Gasteiger partial charge in [-0.25, -0.2) is 0 Å². The van der Waals surface area contributed by atoms with Gasteiger partial charge < -0.3 is 19.3 Å². The van der Waals surface area contributed by atoms with Crippen molar-refractivity contribution in [3.05, 3.63) is 39.7 Å². The summed E-state index contributed by atoms with van der Waals surface area (Å²) in [7, 11) is 0. The highest BCUT2D eigenvalue weighted by molar-refractivity contribution is 9.10. The minimum atomic E-state index is 0.592. The molecule has 1 aliphatic heterocycles. The van der Waals surface area contributed by atoms with Crippen molar-refractivity contribution in [2.45, 2.75) is 20.0 Å². The van der Waals surface area contributed by atoms with Gasteiger partial charge in [0.25, 0.3) is 0 Å². The quantitative estimate of drug-likeness (QED) is 0.928. The summed E-state index contributed by atoms with van der Waals surface area (Å²) in [6.45, 7) is 4.46. The molecule has 0 bridgehead atoms.